The molecule has 174 valence electrons. The molecule has 9 heteroatoms. The van der Waals surface area contributed by atoms with Gasteiger partial charge in [-0.1, -0.05) is 12.1 Å². The zero-order chi connectivity index (χ0) is 23.3. The Morgan fingerprint density at radius 2 is 2.00 bits per heavy atom. The quantitative estimate of drug-likeness (QED) is 0.545. The Bertz CT molecular complexity index is 1060. The summed E-state index contributed by atoms with van der Waals surface area (Å²) in [5.41, 5.74) is 1.32. The number of halogens is 1. The van der Waals surface area contributed by atoms with Gasteiger partial charge >= 0.3 is 6.16 Å². The summed E-state index contributed by atoms with van der Waals surface area (Å²) in [5.74, 6) is 0.124. The third-order valence-corrected chi connectivity index (χ3v) is 6.09. The fraction of sp³-hybridized carbons (Fsp3) is 0.435. The van der Waals surface area contributed by atoms with Gasteiger partial charge in [-0.2, -0.15) is 0 Å². The maximum absolute atomic E-state index is 14.5. The standard InChI is InChI=1S/C23H28FNO6S/c1-16(2)30-23(26)29-12-10-17-5-4-6-18(13-17)31-19-9-11-25(15-19)22-8-7-20(14-21(22)24)32(3,27)28/h4-8,13-14,16,19H,9-12,15H2,1-3H3/t19-/m0/s1. The van der Waals surface area contributed by atoms with Crippen molar-refractivity contribution < 1.29 is 31.8 Å². The highest BCUT2D eigenvalue weighted by Crippen LogP contribution is 2.28. The summed E-state index contributed by atoms with van der Waals surface area (Å²) in [6.45, 7) is 4.81. The fourth-order valence-electron chi connectivity index (χ4n) is 3.46. The first-order chi connectivity index (χ1) is 15.1. The van der Waals surface area contributed by atoms with Gasteiger partial charge in [-0.25, -0.2) is 17.6 Å². The first-order valence-corrected chi connectivity index (χ1v) is 12.3. The minimum Gasteiger partial charge on any atom is -0.489 e. The minimum absolute atomic E-state index is 0.0380. The van der Waals surface area contributed by atoms with Crippen LogP contribution in [-0.2, 0) is 25.7 Å². The number of benzene rings is 2. The summed E-state index contributed by atoms with van der Waals surface area (Å²) in [5, 5.41) is 0. The summed E-state index contributed by atoms with van der Waals surface area (Å²) < 4.78 is 53.8. The van der Waals surface area contributed by atoms with Crippen LogP contribution in [0.2, 0.25) is 0 Å². The van der Waals surface area contributed by atoms with Crippen LogP contribution in [0.5, 0.6) is 5.75 Å². The van der Waals surface area contributed by atoms with Crippen LogP contribution in [0.25, 0.3) is 0 Å². The molecule has 3 rings (SSSR count). The molecular formula is C23H28FNO6S. The van der Waals surface area contributed by atoms with E-state index in [9.17, 15) is 17.6 Å². The highest BCUT2D eigenvalue weighted by atomic mass is 32.2. The van der Waals surface area contributed by atoms with Crippen LogP contribution in [0, 0.1) is 5.82 Å². The van der Waals surface area contributed by atoms with E-state index in [2.05, 4.69) is 0 Å². The molecule has 0 amide bonds. The third kappa shape index (κ3) is 6.59. The first-order valence-electron chi connectivity index (χ1n) is 10.5. The molecule has 0 bridgehead atoms. The number of anilines is 1. The van der Waals surface area contributed by atoms with Crippen molar-refractivity contribution in [1.29, 1.82) is 0 Å². The predicted octanol–water partition coefficient (Wildman–Crippen LogP) is 3.99. The molecule has 0 radical (unpaired) electrons. The van der Waals surface area contributed by atoms with E-state index in [0.717, 1.165) is 17.9 Å². The molecule has 0 saturated carbocycles. The molecule has 1 aliphatic rings. The maximum Gasteiger partial charge on any atom is 0.508 e. The van der Waals surface area contributed by atoms with Gasteiger partial charge in [0.25, 0.3) is 0 Å². The Kier molecular flexibility index (Phi) is 7.60. The smallest absolute Gasteiger partial charge is 0.489 e. The SMILES string of the molecule is CC(C)OC(=O)OCCc1cccc(O[C@H]2CCN(c3ccc(S(C)(=O)=O)cc3F)C2)c1. The Labute approximate surface area is 188 Å². The van der Waals surface area contributed by atoms with Gasteiger partial charge in [0.1, 0.15) is 17.7 Å². The van der Waals surface area contributed by atoms with Crippen LogP contribution in [0.1, 0.15) is 25.8 Å². The minimum atomic E-state index is -3.46. The summed E-state index contributed by atoms with van der Waals surface area (Å²) >= 11 is 0. The first kappa shape index (κ1) is 23.8. The molecule has 1 aliphatic heterocycles. The van der Waals surface area contributed by atoms with Crippen molar-refractivity contribution in [3.63, 3.8) is 0 Å². The van der Waals surface area contributed by atoms with Gasteiger partial charge in [-0.15, -0.1) is 0 Å². The Balaban J connectivity index is 1.55. The summed E-state index contributed by atoms with van der Waals surface area (Å²) in [4.78, 5) is 13.3. The van der Waals surface area contributed by atoms with Crippen molar-refractivity contribution in [1.82, 2.24) is 0 Å². The number of sulfone groups is 1. The van der Waals surface area contributed by atoms with Gasteiger partial charge in [0.05, 0.1) is 29.8 Å². The lowest BCUT2D eigenvalue weighted by molar-refractivity contribution is 0.0353. The number of hydrogen-bond donors (Lipinski definition) is 0. The van der Waals surface area contributed by atoms with Crippen LogP contribution in [0.15, 0.2) is 47.4 Å². The van der Waals surface area contributed by atoms with Gasteiger partial charge in [0.2, 0.25) is 0 Å². The number of ether oxygens (including phenoxy) is 3. The predicted molar refractivity (Wildman–Crippen MR) is 118 cm³/mol. The number of carbonyl (C=O) groups excluding carboxylic acids is 1. The average molecular weight is 466 g/mol. The molecule has 2 aromatic carbocycles. The molecule has 1 fully saturated rings. The third-order valence-electron chi connectivity index (χ3n) is 4.98. The molecular weight excluding hydrogens is 437 g/mol. The molecule has 7 nitrogen and oxygen atoms in total. The lowest BCUT2D eigenvalue weighted by Crippen LogP contribution is -2.25. The Morgan fingerprint density at radius 3 is 2.69 bits per heavy atom. The second kappa shape index (κ2) is 10.2. The molecule has 0 N–H and O–H groups in total. The van der Waals surface area contributed by atoms with E-state index in [1.807, 2.05) is 29.2 Å². The molecule has 0 unspecified atom stereocenters. The lowest BCUT2D eigenvalue weighted by atomic mass is 10.1. The van der Waals surface area contributed by atoms with Gasteiger partial charge < -0.3 is 19.1 Å². The van der Waals surface area contributed by atoms with E-state index in [1.165, 1.54) is 12.1 Å². The second-order valence-corrected chi connectivity index (χ2v) is 10.0. The van der Waals surface area contributed by atoms with Crippen molar-refractivity contribution in [2.24, 2.45) is 0 Å². The van der Waals surface area contributed by atoms with E-state index in [4.69, 9.17) is 14.2 Å². The molecule has 1 atom stereocenters. The zero-order valence-electron chi connectivity index (χ0n) is 18.4. The van der Waals surface area contributed by atoms with Gasteiger partial charge in [-0.05, 0) is 49.7 Å². The monoisotopic (exact) mass is 465 g/mol. The highest BCUT2D eigenvalue weighted by Gasteiger charge is 2.26. The van der Waals surface area contributed by atoms with E-state index >= 15 is 0 Å². The van der Waals surface area contributed by atoms with Crippen LogP contribution in [-0.4, -0.2) is 52.7 Å². The number of hydrogen-bond acceptors (Lipinski definition) is 7. The van der Waals surface area contributed by atoms with Crippen molar-refractivity contribution in [3.8, 4) is 5.75 Å². The molecule has 0 aliphatic carbocycles. The molecule has 2 aromatic rings. The van der Waals surface area contributed by atoms with Crippen molar-refractivity contribution in [3.05, 3.63) is 53.8 Å². The van der Waals surface area contributed by atoms with Crippen molar-refractivity contribution in [2.45, 2.75) is 43.8 Å². The molecule has 0 spiro atoms. The zero-order valence-corrected chi connectivity index (χ0v) is 19.2. The summed E-state index contributed by atoms with van der Waals surface area (Å²) in [6.07, 6.45) is 1.25. The van der Waals surface area contributed by atoms with Crippen LogP contribution < -0.4 is 9.64 Å². The highest BCUT2D eigenvalue weighted by molar-refractivity contribution is 7.90. The van der Waals surface area contributed by atoms with Crippen LogP contribution in [0.4, 0.5) is 14.9 Å². The number of rotatable bonds is 8. The van der Waals surface area contributed by atoms with Crippen molar-refractivity contribution >= 4 is 21.7 Å². The van der Waals surface area contributed by atoms with Crippen LogP contribution in [0.3, 0.4) is 0 Å². The Morgan fingerprint density at radius 1 is 1.22 bits per heavy atom. The fourth-order valence-corrected chi connectivity index (χ4v) is 4.10. The molecule has 1 saturated heterocycles. The number of nitrogens with zero attached hydrogens (tertiary/aromatic N) is 1. The largest absolute Gasteiger partial charge is 0.508 e. The topological polar surface area (TPSA) is 82.1 Å². The van der Waals surface area contributed by atoms with E-state index in [0.29, 0.717) is 37.4 Å². The van der Waals surface area contributed by atoms with Crippen molar-refractivity contribution in [2.75, 3.05) is 30.9 Å². The molecule has 0 aromatic heterocycles. The Hall–Kier alpha value is -2.81. The van der Waals surface area contributed by atoms with E-state index in [-0.39, 0.29) is 23.7 Å². The summed E-state index contributed by atoms with van der Waals surface area (Å²) in [6, 6.07) is 11.5. The van der Waals surface area contributed by atoms with Crippen LogP contribution >= 0.6 is 0 Å². The van der Waals surface area contributed by atoms with Gasteiger partial charge in [0.15, 0.2) is 9.84 Å². The van der Waals surface area contributed by atoms with E-state index < -0.39 is 21.8 Å². The van der Waals surface area contributed by atoms with Gasteiger partial charge in [-0.3, -0.25) is 0 Å². The maximum atomic E-state index is 14.5. The second-order valence-electron chi connectivity index (χ2n) is 8.02. The molecule has 1 heterocycles. The number of carbonyl (C=O) groups is 1. The average Bonchev–Trinajstić information content (AvgIpc) is 3.15. The van der Waals surface area contributed by atoms with E-state index in [1.54, 1.807) is 13.8 Å². The van der Waals surface area contributed by atoms with Gasteiger partial charge in [0, 0.05) is 25.6 Å². The molecule has 32 heavy (non-hydrogen) atoms. The normalized spacial score (nSPS) is 16.3. The lowest BCUT2D eigenvalue weighted by Gasteiger charge is -2.20. The summed E-state index contributed by atoms with van der Waals surface area (Å²) in [7, 11) is -3.46.